The van der Waals surface area contributed by atoms with Gasteiger partial charge in [0.05, 0.1) is 6.04 Å². The van der Waals surface area contributed by atoms with Gasteiger partial charge in [0.15, 0.2) is 0 Å². The van der Waals surface area contributed by atoms with Crippen molar-refractivity contribution in [3.05, 3.63) is 0 Å². The van der Waals surface area contributed by atoms with Gasteiger partial charge in [-0.2, -0.15) is 0 Å². The number of urea groups is 1. The molecule has 0 aromatic rings. The Balaban J connectivity index is 2.17. The van der Waals surface area contributed by atoms with Gasteiger partial charge in [0.2, 0.25) is 5.91 Å². The van der Waals surface area contributed by atoms with E-state index in [4.69, 9.17) is 0 Å². The van der Waals surface area contributed by atoms with E-state index in [-0.39, 0.29) is 24.0 Å². The minimum Gasteiger partial charge on any atom is -0.353 e. The number of hydrogen-bond acceptors (Lipinski definition) is 3. The summed E-state index contributed by atoms with van der Waals surface area (Å²) in [5.41, 5.74) is 0. The summed E-state index contributed by atoms with van der Waals surface area (Å²) in [7, 11) is 0. The van der Waals surface area contributed by atoms with Crippen LogP contribution in [-0.4, -0.2) is 55.1 Å². The zero-order valence-electron chi connectivity index (χ0n) is 10.7. The quantitative estimate of drug-likeness (QED) is 0.589. The third-order valence-electron chi connectivity index (χ3n) is 2.60. The van der Waals surface area contributed by atoms with Gasteiger partial charge in [0, 0.05) is 32.2 Å². The van der Waals surface area contributed by atoms with Gasteiger partial charge in [-0.3, -0.25) is 4.79 Å². The largest absolute Gasteiger partial charge is 0.353 e. The van der Waals surface area contributed by atoms with Crippen LogP contribution in [0.1, 0.15) is 20.8 Å². The van der Waals surface area contributed by atoms with Gasteiger partial charge in [-0.1, -0.05) is 0 Å². The van der Waals surface area contributed by atoms with Crippen LogP contribution in [0.4, 0.5) is 4.79 Å². The van der Waals surface area contributed by atoms with Crippen molar-refractivity contribution in [2.75, 3.05) is 26.2 Å². The third-order valence-corrected chi connectivity index (χ3v) is 2.60. The Morgan fingerprint density at radius 3 is 2.71 bits per heavy atom. The Labute approximate surface area is 102 Å². The molecule has 0 spiro atoms. The molecule has 6 heteroatoms. The van der Waals surface area contributed by atoms with E-state index in [1.807, 2.05) is 20.8 Å². The summed E-state index contributed by atoms with van der Waals surface area (Å²) in [6.07, 6.45) is 0. The standard InChI is InChI=1S/C11H22N4O2/c1-8(2)14-10(16)9(3)12-4-6-15-7-5-13-11(15)17/h8-9,12H,4-7H2,1-3H3,(H,13,17)(H,14,16). The molecule has 0 radical (unpaired) electrons. The molecule has 98 valence electrons. The highest BCUT2D eigenvalue weighted by molar-refractivity contribution is 5.81. The van der Waals surface area contributed by atoms with Gasteiger partial charge in [-0.25, -0.2) is 4.79 Å². The fourth-order valence-corrected chi connectivity index (χ4v) is 1.64. The highest BCUT2D eigenvalue weighted by Crippen LogP contribution is 1.95. The van der Waals surface area contributed by atoms with Crippen molar-refractivity contribution in [2.45, 2.75) is 32.9 Å². The first-order chi connectivity index (χ1) is 8.00. The van der Waals surface area contributed by atoms with Gasteiger partial charge in [0.25, 0.3) is 0 Å². The molecular weight excluding hydrogens is 220 g/mol. The van der Waals surface area contributed by atoms with Gasteiger partial charge in [0.1, 0.15) is 0 Å². The number of rotatable bonds is 6. The van der Waals surface area contributed by atoms with Crippen LogP contribution in [0.3, 0.4) is 0 Å². The van der Waals surface area contributed by atoms with Crippen LogP contribution in [0.5, 0.6) is 0 Å². The molecule has 0 bridgehead atoms. The monoisotopic (exact) mass is 242 g/mol. The molecule has 1 atom stereocenters. The lowest BCUT2D eigenvalue weighted by molar-refractivity contribution is -0.123. The van der Waals surface area contributed by atoms with Crippen LogP contribution in [0.25, 0.3) is 0 Å². The van der Waals surface area contributed by atoms with E-state index in [1.54, 1.807) is 4.90 Å². The van der Waals surface area contributed by atoms with Crippen molar-refractivity contribution in [3.8, 4) is 0 Å². The number of nitrogens with one attached hydrogen (secondary N) is 3. The number of carbonyl (C=O) groups is 2. The maximum atomic E-state index is 11.6. The Morgan fingerprint density at radius 2 is 2.18 bits per heavy atom. The van der Waals surface area contributed by atoms with Crippen LogP contribution in [0, 0.1) is 0 Å². The molecule has 1 heterocycles. The molecular formula is C11H22N4O2. The highest BCUT2D eigenvalue weighted by Gasteiger charge is 2.19. The highest BCUT2D eigenvalue weighted by atomic mass is 16.2. The number of nitrogens with zero attached hydrogens (tertiary/aromatic N) is 1. The van der Waals surface area contributed by atoms with Crippen LogP contribution >= 0.6 is 0 Å². The summed E-state index contributed by atoms with van der Waals surface area (Å²) >= 11 is 0. The average Bonchev–Trinajstić information content (AvgIpc) is 2.63. The van der Waals surface area contributed by atoms with Crippen molar-refractivity contribution in [1.82, 2.24) is 20.9 Å². The normalized spacial score (nSPS) is 17.2. The molecule has 3 N–H and O–H groups in total. The summed E-state index contributed by atoms with van der Waals surface area (Å²) in [6, 6.07) is -0.106. The van der Waals surface area contributed by atoms with E-state index < -0.39 is 0 Å². The van der Waals surface area contributed by atoms with E-state index >= 15 is 0 Å². The van der Waals surface area contributed by atoms with Gasteiger partial charge in [-0.15, -0.1) is 0 Å². The molecule has 1 fully saturated rings. The predicted molar refractivity (Wildman–Crippen MR) is 65.7 cm³/mol. The molecule has 1 rings (SSSR count). The lowest BCUT2D eigenvalue weighted by Crippen LogP contribution is -2.46. The Bertz CT molecular complexity index is 281. The molecule has 6 nitrogen and oxygen atoms in total. The Morgan fingerprint density at radius 1 is 1.47 bits per heavy atom. The summed E-state index contributed by atoms with van der Waals surface area (Å²) in [4.78, 5) is 24.6. The Kier molecular flexibility index (Phi) is 5.21. The number of hydrogen-bond donors (Lipinski definition) is 3. The minimum atomic E-state index is -0.233. The second-order valence-electron chi connectivity index (χ2n) is 4.56. The van der Waals surface area contributed by atoms with Gasteiger partial charge < -0.3 is 20.9 Å². The minimum absolute atomic E-state index is 0.00845. The van der Waals surface area contributed by atoms with Crippen molar-refractivity contribution in [3.63, 3.8) is 0 Å². The molecule has 0 saturated carbocycles. The lowest BCUT2D eigenvalue weighted by Gasteiger charge is -2.18. The average molecular weight is 242 g/mol. The first kappa shape index (κ1) is 13.8. The van der Waals surface area contributed by atoms with Gasteiger partial charge in [-0.05, 0) is 20.8 Å². The SMILES string of the molecule is CC(C)NC(=O)C(C)NCCN1CCNC1=O. The summed E-state index contributed by atoms with van der Waals surface area (Å²) < 4.78 is 0. The fourth-order valence-electron chi connectivity index (χ4n) is 1.64. The fraction of sp³-hybridized carbons (Fsp3) is 0.818. The van der Waals surface area contributed by atoms with E-state index in [0.717, 1.165) is 6.54 Å². The molecule has 1 aliphatic rings. The third kappa shape index (κ3) is 4.60. The van der Waals surface area contributed by atoms with E-state index in [2.05, 4.69) is 16.0 Å². The predicted octanol–water partition coefficient (Wildman–Crippen LogP) is -0.486. The molecule has 3 amide bonds. The number of carbonyl (C=O) groups excluding carboxylic acids is 2. The first-order valence-electron chi connectivity index (χ1n) is 6.07. The maximum Gasteiger partial charge on any atom is 0.317 e. The zero-order chi connectivity index (χ0) is 12.8. The second-order valence-corrected chi connectivity index (χ2v) is 4.56. The summed E-state index contributed by atoms with van der Waals surface area (Å²) in [5.74, 6) is -0.00845. The van der Waals surface area contributed by atoms with Crippen molar-refractivity contribution in [1.29, 1.82) is 0 Å². The maximum absolute atomic E-state index is 11.6. The molecule has 0 aromatic heterocycles. The van der Waals surface area contributed by atoms with Crippen molar-refractivity contribution >= 4 is 11.9 Å². The summed E-state index contributed by atoms with van der Waals surface area (Å²) in [6.45, 7) is 8.39. The molecule has 1 saturated heterocycles. The second kappa shape index (κ2) is 6.44. The number of amides is 3. The van der Waals surface area contributed by atoms with Crippen molar-refractivity contribution < 1.29 is 9.59 Å². The van der Waals surface area contributed by atoms with Crippen LogP contribution in [0.2, 0.25) is 0 Å². The first-order valence-corrected chi connectivity index (χ1v) is 6.07. The molecule has 0 aliphatic carbocycles. The summed E-state index contributed by atoms with van der Waals surface area (Å²) in [5, 5.41) is 8.67. The molecule has 17 heavy (non-hydrogen) atoms. The van der Waals surface area contributed by atoms with Gasteiger partial charge >= 0.3 is 6.03 Å². The smallest absolute Gasteiger partial charge is 0.317 e. The topological polar surface area (TPSA) is 73.5 Å². The molecule has 1 aliphatic heterocycles. The van der Waals surface area contributed by atoms with Crippen molar-refractivity contribution in [2.24, 2.45) is 0 Å². The van der Waals surface area contributed by atoms with Crippen LogP contribution in [0.15, 0.2) is 0 Å². The molecule has 1 unspecified atom stereocenters. The van der Waals surface area contributed by atoms with Crippen LogP contribution in [-0.2, 0) is 4.79 Å². The Hall–Kier alpha value is -1.30. The van der Waals surface area contributed by atoms with E-state index in [1.165, 1.54) is 0 Å². The molecule has 0 aromatic carbocycles. The van der Waals surface area contributed by atoms with E-state index in [9.17, 15) is 9.59 Å². The lowest BCUT2D eigenvalue weighted by atomic mass is 10.3. The zero-order valence-corrected chi connectivity index (χ0v) is 10.7. The van der Waals surface area contributed by atoms with E-state index in [0.29, 0.717) is 19.6 Å². The van der Waals surface area contributed by atoms with Crippen LogP contribution < -0.4 is 16.0 Å².